The van der Waals surface area contributed by atoms with E-state index in [0.29, 0.717) is 10.9 Å². The van der Waals surface area contributed by atoms with Gasteiger partial charge in [-0.1, -0.05) is 91.0 Å². The number of allylic oxidation sites excluding steroid dienone is 1. The second-order valence-corrected chi connectivity index (χ2v) is 7.76. The number of halogens is 3. The normalized spacial score (nSPS) is 12.5. The SMILES string of the molecule is CCOC(=O)C(/C(=N\B(c1ccccc1)c1ccccc1)C(F)(F)F)=C(\C)NCc1ccccc1. The largest absolute Gasteiger partial charge is 0.462 e. The Kier molecular flexibility index (Phi) is 8.89. The highest BCUT2D eigenvalue weighted by molar-refractivity contribution is 6.84. The van der Waals surface area contributed by atoms with Crippen LogP contribution in [0.25, 0.3) is 0 Å². The summed E-state index contributed by atoms with van der Waals surface area (Å²) in [7, 11) is 0. The molecule has 0 aromatic heterocycles. The first kappa shape index (κ1) is 25.8. The first-order valence-corrected chi connectivity index (χ1v) is 11.2. The third-order valence-electron chi connectivity index (χ3n) is 5.25. The molecule has 1 N–H and O–H groups in total. The van der Waals surface area contributed by atoms with Crippen LogP contribution in [0, 0.1) is 0 Å². The maximum absolute atomic E-state index is 14.5. The van der Waals surface area contributed by atoms with Crippen molar-refractivity contribution < 1.29 is 22.7 Å². The number of hydrogen-bond acceptors (Lipinski definition) is 4. The fourth-order valence-corrected chi connectivity index (χ4v) is 3.57. The summed E-state index contributed by atoms with van der Waals surface area (Å²) in [5.41, 5.74) is 0.103. The number of esters is 1. The molecule has 3 aromatic rings. The molecule has 0 unspecified atom stereocenters. The molecule has 0 spiro atoms. The predicted molar refractivity (Wildman–Crippen MR) is 134 cm³/mol. The zero-order valence-corrected chi connectivity index (χ0v) is 19.5. The molecule has 0 amide bonds. The number of carbonyl (C=O) groups excluding carboxylic acids is 1. The molecule has 0 aliphatic carbocycles. The van der Waals surface area contributed by atoms with Crippen molar-refractivity contribution in [2.24, 2.45) is 4.90 Å². The Morgan fingerprint density at radius 2 is 1.37 bits per heavy atom. The van der Waals surface area contributed by atoms with Gasteiger partial charge in [0.2, 0.25) is 0 Å². The number of hydrogen-bond donors (Lipinski definition) is 1. The molecular weight excluding hydrogens is 452 g/mol. The van der Waals surface area contributed by atoms with Gasteiger partial charge in [-0.25, -0.2) is 4.79 Å². The van der Waals surface area contributed by atoms with E-state index < -0.39 is 30.3 Å². The van der Waals surface area contributed by atoms with Crippen molar-refractivity contribution in [1.29, 1.82) is 0 Å². The number of carbonyl (C=O) groups is 1. The molecule has 0 saturated heterocycles. The van der Waals surface area contributed by atoms with Gasteiger partial charge in [-0.05, 0) is 30.3 Å². The third-order valence-corrected chi connectivity index (χ3v) is 5.25. The Morgan fingerprint density at radius 3 is 1.83 bits per heavy atom. The third kappa shape index (κ3) is 7.09. The van der Waals surface area contributed by atoms with Gasteiger partial charge < -0.3 is 15.0 Å². The van der Waals surface area contributed by atoms with Crippen LogP contribution in [0.2, 0.25) is 0 Å². The van der Waals surface area contributed by atoms with Gasteiger partial charge in [-0.15, -0.1) is 0 Å². The molecule has 0 aliphatic heterocycles. The Labute approximate surface area is 203 Å². The van der Waals surface area contributed by atoms with Gasteiger partial charge in [0.15, 0.2) is 0 Å². The number of benzene rings is 3. The van der Waals surface area contributed by atoms with Crippen LogP contribution in [0.3, 0.4) is 0 Å². The average molecular weight is 478 g/mol. The first-order chi connectivity index (χ1) is 16.8. The minimum atomic E-state index is -4.90. The van der Waals surface area contributed by atoms with Gasteiger partial charge in [0.1, 0.15) is 11.3 Å². The van der Waals surface area contributed by atoms with Crippen molar-refractivity contribution in [3.63, 3.8) is 0 Å². The molecule has 0 saturated carbocycles. The zero-order valence-electron chi connectivity index (χ0n) is 19.5. The minimum Gasteiger partial charge on any atom is -0.462 e. The highest BCUT2D eigenvalue weighted by Crippen LogP contribution is 2.25. The molecule has 0 atom stereocenters. The number of nitrogens with zero attached hydrogens (tertiary/aromatic N) is 1. The lowest BCUT2D eigenvalue weighted by Crippen LogP contribution is -2.44. The highest BCUT2D eigenvalue weighted by atomic mass is 19.4. The number of nitrogens with one attached hydrogen (secondary N) is 1. The molecule has 8 heteroatoms. The molecule has 35 heavy (non-hydrogen) atoms. The van der Waals surface area contributed by atoms with E-state index in [0.717, 1.165) is 5.56 Å². The average Bonchev–Trinajstić information content (AvgIpc) is 2.86. The molecule has 0 radical (unpaired) electrons. The number of rotatable bonds is 9. The number of ether oxygens (including phenoxy) is 1. The van der Waals surface area contributed by atoms with E-state index in [1.54, 1.807) is 67.6 Å². The minimum absolute atomic E-state index is 0.0308. The van der Waals surface area contributed by atoms with Gasteiger partial charge in [-0.3, -0.25) is 0 Å². The van der Waals surface area contributed by atoms with Crippen molar-refractivity contribution in [3.05, 3.63) is 108 Å². The number of alkyl halides is 3. The summed E-state index contributed by atoms with van der Waals surface area (Å²) in [6, 6.07) is 26.5. The molecule has 4 nitrogen and oxygen atoms in total. The topological polar surface area (TPSA) is 50.7 Å². The van der Waals surface area contributed by atoms with Crippen molar-refractivity contribution in [3.8, 4) is 0 Å². The van der Waals surface area contributed by atoms with E-state index in [9.17, 15) is 18.0 Å². The van der Waals surface area contributed by atoms with Crippen LogP contribution in [-0.4, -0.2) is 31.3 Å². The van der Waals surface area contributed by atoms with Crippen LogP contribution < -0.4 is 16.2 Å². The molecule has 0 aliphatic rings. The fourth-order valence-electron chi connectivity index (χ4n) is 3.57. The standard InChI is InChI=1S/C27H26BF3N2O2/c1-3-35-26(34)24(20(2)32-19-21-13-7-4-8-14-21)25(27(29,30)31)33-28(22-15-9-5-10-16-22)23-17-11-6-12-18-23/h4-18,32H,3,19H2,1-2H3/b24-20+,33-25+. The van der Waals surface area contributed by atoms with Crippen LogP contribution in [0.5, 0.6) is 0 Å². The summed E-state index contributed by atoms with van der Waals surface area (Å²) in [6.07, 6.45) is -4.90. The molecule has 3 rings (SSSR count). The molecular formula is C27H26BF3N2O2. The smallest absolute Gasteiger partial charge is 0.432 e. The fraction of sp³-hybridized carbons (Fsp3) is 0.185. The zero-order chi connectivity index (χ0) is 25.3. The summed E-state index contributed by atoms with van der Waals surface area (Å²) >= 11 is 0. The van der Waals surface area contributed by atoms with Crippen LogP contribution in [0.15, 0.2) is 107 Å². The van der Waals surface area contributed by atoms with Gasteiger partial charge in [-0.2, -0.15) is 13.2 Å². The van der Waals surface area contributed by atoms with E-state index >= 15 is 0 Å². The summed E-state index contributed by atoms with van der Waals surface area (Å²) < 4.78 is 48.5. The molecule has 0 fully saturated rings. The Balaban J connectivity index is 2.15. The Morgan fingerprint density at radius 1 is 0.886 bits per heavy atom. The highest BCUT2D eigenvalue weighted by Gasteiger charge is 2.43. The van der Waals surface area contributed by atoms with Crippen LogP contribution >= 0.6 is 0 Å². The van der Waals surface area contributed by atoms with Crippen molar-refractivity contribution >= 4 is 29.5 Å². The monoisotopic (exact) mass is 478 g/mol. The molecule has 0 bridgehead atoms. The maximum atomic E-state index is 14.5. The van der Waals surface area contributed by atoms with Gasteiger partial charge >= 0.3 is 19.0 Å². The van der Waals surface area contributed by atoms with Crippen molar-refractivity contribution in [1.82, 2.24) is 5.32 Å². The van der Waals surface area contributed by atoms with Crippen molar-refractivity contribution in [2.75, 3.05) is 6.61 Å². The first-order valence-electron chi connectivity index (χ1n) is 11.2. The van der Waals surface area contributed by atoms with E-state index in [1.165, 1.54) is 6.92 Å². The Hall–Kier alpha value is -3.81. The predicted octanol–water partition coefficient (Wildman–Crippen LogP) is 4.42. The van der Waals surface area contributed by atoms with Crippen LogP contribution in [0.4, 0.5) is 13.2 Å². The molecule has 0 heterocycles. The van der Waals surface area contributed by atoms with Gasteiger partial charge in [0, 0.05) is 12.2 Å². The lowest BCUT2D eigenvalue weighted by atomic mass is 9.51. The van der Waals surface area contributed by atoms with Gasteiger partial charge in [0.05, 0.1) is 6.61 Å². The Bertz CT molecular complexity index is 1130. The summed E-state index contributed by atoms with van der Waals surface area (Å²) in [6.45, 7) is 2.17. The van der Waals surface area contributed by atoms with E-state index in [2.05, 4.69) is 10.2 Å². The molecule has 180 valence electrons. The second kappa shape index (κ2) is 12.1. The quantitative estimate of drug-likeness (QED) is 0.215. The van der Waals surface area contributed by atoms with E-state index in [-0.39, 0.29) is 18.8 Å². The van der Waals surface area contributed by atoms with E-state index in [1.807, 2.05) is 30.3 Å². The van der Waals surface area contributed by atoms with Crippen molar-refractivity contribution in [2.45, 2.75) is 26.6 Å². The molecule has 3 aromatic carbocycles. The van der Waals surface area contributed by atoms with Crippen LogP contribution in [-0.2, 0) is 16.1 Å². The lowest BCUT2D eigenvalue weighted by molar-refractivity contribution is -0.138. The summed E-state index contributed by atoms with van der Waals surface area (Å²) in [4.78, 5) is 17.0. The van der Waals surface area contributed by atoms with Gasteiger partial charge in [0.25, 0.3) is 0 Å². The van der Waals surface area contributed by atoms with Crippen LogP contribution in [0.1, 0.15) is 19.4 Å². The second-order valence-electron chi connectivity index (χ2n) is 7.76. The summed E-state index contributed by atoms with van der Waals surface area (Å²) in [5, 5.41) is 2.94. The lowest BCUT2D eigenvalue weighted by Gasteiger charge is -2.20. The summed E-state index contributed by atoms with van der Waals surface area (Å²) in [5.74, 6) is -1.08. The van der Waals surface area contributed by atoms with E-state index in [4.69, 9.17) is 4.74 Å². The maximum Gasteiger partial charge on any atom is 0.432 e.